The van der Waals surface area contributed by atoms with E-state index in [-0.39, 0.29) is 5.69 Å². The Morgan fingerprint density at radius 2 is 2.05 bits per heavy atom. The van der Waals surface area contributed by atoms with Crippen LogP contribution in [0.1, 0.15) is 12.1 Å². The SMILES string of the molecule is FC(F)(F)c1ncccc1N1CC[C@@H]2CNC[C@@H]2C1. The topological polar surface area (TPSA) is 28.2 Å². The van der Waals surface area contributed by atoms with Crippen molar-refractivity contribution in [3.8, 4) is 0 Å². The molecule has 0 aromatic carbocycles. The Labute approximate surface area is 109 Å². The number of hydrogen-bond acceptors (Lipinski definition) is 3. The van der Waals surface area contributed by atoms with Gasteiger partial charge < -0.3 is 10.2 Å². The second-order valence-corrected chi connectivity index (χ2v) is 5.28. The van der Waals surface area contributed by atoms with Gasteiger partial charge in [0.25, 0.3) is 0 Å². The molecule has 0 bridgehead atoms. The zero-order valence-corrected chi connectivity index (χ0v) is 10.5. The summed E-state index contributed by atoms with van der Waals surface area (Å²) in [6.07, 6.45) is -2.23. The summed E-state index contributed by atoms with van der Waals surface area (Å²) in [5, 5.41) is 3.32. The Morgan fingerprint density at radius 3 is 2.84 bits per heavy atom. The maximum Gasteiger partial charge on any atom is 0.435 e. The van der Waals surface area contributed by atoms with Crippen LogP contribution in [-0.2, 0) is 6.18 Å². The first-order chi connectivity index (χ1) is 9.05. The minimum atomic E-state index is -4.39. The number of nitrogens with zero attached hydrogens (tertiary/aromatic N) is 2. The zero-order chi connectivity index (χ0) is 13.5. The van der Waals surface area contributed by atoms with Gasteiger partial charge in [-0.05, 0) is 43.5 Å². The molecule has 0 aliphatic carbocycles. The largest absolute Gasteiger partial charge is 0.435 e. The minimum absolute atomic E-state index is 0.223. The van der Waals surface area contributed by atoms with Crippen molar-refractivity contribution in [2.24, 2.45) is 11.8 Å². The van der Waals surface area contributed by atoms with Crippen molar-refractivity contribution in [2.45, 2.75) is 12.6 Å². The third-order valence-corrected chi connectivity index (χ3v) is 4.10. The van der Waals surface area contributed by atoms with Crippen molar-refractivity contribution in [1.29, 1.82) is 0 Å². The number of fused-ring (bicyclic) bond motifs is 1. The summed E-state index contributed by atoms with van der Waals surface area (Å²) in [7, 11) is 0. The highest BCUT2D eigenvalue weighted by Gasteiger charge is 2.39. The average Bonchev–Trinajstić information content (AvgIpc) is 2.85. The number of halogens is 3. The average molecular weight is 271 g/mol. The fraction of sp³-hybridized carbons (Fsp3) is 0.615. The first-order valence-corrected chi connectivity index (χ1v) is 6.53. The van der Waals surface area contributed by atoms with Crippen molar-refractivity contribution in [1.82, 2.24) is 10.3 Å². The van der Waals surface area contributed by atoms with Crippen LogP contribution in [0, 0.1) is 11.8 Å². The molecule has 1 aromatic rings. The molecule has 2 aliphatic rings. The Morgan fingerprint density at radius 1 is 1.26 bits per heavy atom. The standard InChI is InChI=1S/C13H16F3N3/c14-13(15,16)12-11(2-1-4-18-12)19-5-3-9-6-17-7-10(9)8-19/h1-2,4,9-10,17H,3,5-8H2/t9-,10-/m1/s1. The second-order valence-electron chi connectivity index (χ2n) is 5.28. The van der Waals surface area contributed by atoms with Crippen LogP contribution in [0.4, 0.5) is 18.9 Å². The molecule has 2 fully saturated rings. The number of anilines is 1. The number of piperidine rings is 1. The zero-order valence-electron chi connectivity index (χ0n) is 10.5. The Bertz CT molecular complexity index is 461. The van der Waals surface area contributed by atoms with Gasteiger partial charge in [0.1, 0.15) is 0 Å². The van der Waals surface area contributed by atoms with Crippen molar-refractivity contribution in [3.63, 3.8) is 0 Å². The number of aromatic nitrogens is 1. The van der Waals surface area contributed by atoms with Crippen molar-refractivity contribution in [3.05, 3.63) is 24.0 Å². The Hall–Kier alpha value is -1.30. The van der Waals surface area contributed by atoms with Crippen LogP contribution in [0.25, 0.3) is 0 Å². The third kappa shape index (κ3) is 2.41. The molecule has 2 aliphatic heterocycles. The maximum absolute atomic E-state index is 13.0. The van der Waals surface area contributed by atoms with Crippen LogP contribution in [0.2, 0.25) is 0 Å². The molecule has 19 heavy (non-hydrogen) atoms. The van der Waals surface area contributed by atoms with E-state index in [9.17, 15) is 13.2 Å². The van der Waals surface area contributed by atoms with Gasteiger partial charge in [-0.1, -0.05) is 0 Å². The highest BCUT2D eigenvalue weighted by atomic mass is 19.4. The Balaban J connectivity index is 1.86. The highest BCUT2D eigenvalue weighted by Crippen LogP contribution is 2.37. The molecule has 0 radical (unpaired) electrons. The quantitative estimate of drug-likeness (QED) is 0.848. The molecule has 6 heteroatoms. The fourth-order valence-corrected chi connectivity index (χ4v) is 3.12. The van der Waals surface area contributed by atoms with E-state index < -0.39 is 11.9 Å². The molecule has 2 atom stereocenters. The van der Waals surface area contributed by atoms with Gasteiger partial charge in [0.15, 0.2) is 5.69 Å². The van der Waals surface area contributed by atoms with E-state index in [1.54, 1.807) is 6.07 Å². The monoisotopic (exact) mass is 271 g/mol. The molecule has 3 nitrogen and oxygen atoms in total. The lowest BCUT2D eigenvalue weighted by molar-refractivity contribution is -0.140. The third-order valence-electron chi connectivity index (χ3n) is 4.10. The lowest BCUT2D eigenvalue weighted by atomic mass is 9.88. The predicted octanol–water partition coefficient (Wildman–Crippen LogP) is 2.15. The van der Waals surface area contributed by atoms with Crippen molar-refractivity contribution in [2.75, 3.05) is 31.1 Å². The summed E-state index contributed by atoms with van der Waals surface area (Å²) < 4.78 is 38.9. The molecule has 2 saturated heterocycles. The number of rotatable bonds is 1. The molecule has 1 aromatic heterocycles. The summed E-state index contributed by atoms with van der Waals surface area (Å²) in [6.45, 7) is 3.27. The lowest BCUT2D eigenvalue weighted by Crippen LogP contribution is -2.41. The van der Waals surface area contributed by atoms with Crippen LogP contribution in [0.3, 0.4) is 0 Å². The second kappa shape index (κ2) is 4.67. The molecular formula is C13H16F3N3. The van der Waals surface area contributed by atoms with Gasteiger partial charge in [-0.15, -0.1) is 0 Å². The van der Waals surface area contributed by atoms with E-state index in [2.05, 4.69) is 10.3 Å². The van der Waals surface area contributed by atoms with Crippen molar-refractivity contribution >= 4 is 5.69 Å². The Kier molecular flexibility index (Phi) is 3.12. The van der Waals surface area contributed by atoms with Crippen LogP contribution in [0.15, 0.2) is 18.3 Å². The first-order valence-electron chi connectivity index (χ1n) is 6.53. The maximum atomic E-state index is 13.0. The van der Waals surface area contributed by atoms with Gasteiger partial charge in [0.2, 0.25) is 0 Å². The minimum Gasteiger partial charge on any atom is -0.369 e. The van der Waals surface area contributed by atoms with Crippen LogP contribution < -0.4 is 10.2 Å². The van der Waals surface area contributed by atoms with Crippen LogP contribution >= 0.6 is 0 Å². The van der Waals surface area contributed by atoms with E-state index >= 15 is 0 Å². The number of nitrogens with one attached hydrogen (secondary N) is 1. The molecule has 3 heterocycles. The number of alkyl halides is 3. The smallest absolute Gasteiger partial charge is 0.369 e. The summed E-state index contributed by atoms with van der Waals surface area (Å²) >= 11 is 0. The van der Waals surface area contributed by atoms with E-state index in [0.29, 0.717) is 24.9 Å². The summed E-state index contributed by atoms with van der Waals surface area (Å²) in [5.74, 6) is 1.07. The van der Waals surface area contributed by atoms with E-state index in [1.807, 2.05) is 4.90 Å². The fourth-order valence-electron chi connectivity index (χ4n) is 3.12. The molecule has 0 saturated carbocycles. The summed E-state index contributed by atoms with van der Waals surface area (Å²) in [4.78, 5) is 5.37. The van der Waals surface area contributed by atoms with E-state index in [0.717, 1.165) is 19.5 Å². The molecule has 1 N–H and O–H groups in total. The molecule has 104 valence electrons. The van der Waals surface area contributed by atoms with Crippen LogP contribution in [-0.4, -0.2) is 31.2 Å². The molecule has 0 spiro atoms. The molecular weight excluding hydrogens is 255 g/mol. The van der Waals surface area contributed by atoms with Gasteiger partial charge >= 0.3 is 6.18 Å². The normalized spacial score (nSPS) is 27.4. The van der Waals surface area contributed by atoms with Gasteiger partial charge in [-0.25, -0.2) is 4.98 Å². The summed E-state index contributed by atoms with van der Waals surface area (Å²) in [6, 6.07) is 3.10. The molecule has 3 rings (SSSR count). The summed E-state index contributed by atoms with van der Waals surface area (Å²) in [5.41, 5.74) is -0.542. The number of pyridine rings is 1. The van der Waals surface area contributed by atoms with E-state index in [4.69, 9.17) is 0 Å². The van der Waals surface area contributed by atoms with E-state index in [1.165, 1.54) is 12.3 Å². The van der Waals surface area contributed by atoms with Crippen LogP contribution in [0.5, 0.6) is 0 Å². The number of hydrogen-bond donors (Lipinski definition) is 1. The van der Waals surface area contributed by atoms with Crippen molar-refractivity contribution < 1.29 is 13.2 Å². The van der Waals surface area contributed by atoms with Gasteiger partial charge in [-0.2, -0.15) is 13.2 Å². The van der Waals surface area contributed by atoms with Gasteiger partial charge in [0, 0.05) is 19.3 Å². The predicted molar refractivity (Wildman–Crippen MR) is 65.9 cm³/mol. The highest BCUT2D eigenvalue weighted by molar-refractivity contribution is 5.52. The first kappa shape index (κ1) is 12.7. The molecule has 0 amide bonds. The van der Waals surface area contributed by atoms with Gasteiger partial charge in [-0.3, -0.25) is 0 Å². The van der Waals surface area contributed by atoms with Gasteiger partial charge in [0.05, 0.1) is 5.69 Å². The molecule has 0 unspecified atom stereocenters. The lowest BCUT2D eigenvalue weighted by Gasteiger charge is -2.36.